The number of hydrogen-bond acceptors (Lipinski definition) is 4. The molecule has 6 rings (SSSR count). The minimum atomic E-state index is -0.269. The average Bonchev–Trinajstić information content (AvgIpc) is 3.00. The van der Waals surface area contributed by atoms with Gasteiger partial charge in [0, 0.05) is 36.0 Å². The van der Waals surface area contributed by atoms with Gasteiger partial charge in [0.25, 0.3) is 0 Å². The van der Waals surface area contributed by atoms with Gasteiger partial charge in [-0.15, -0.1) is 0 Å². The zero-order chi connectivity index (χ0) is 27.1. The van der Waals surface area contributed by atoms with Gasteiger partial charge >= 0.3 is 0 Å². The maximum Gasteiger partial charge on any atom is 0.219 e. The monoisotopic (exact) mass is 524 g/mol. The van der Waals surface area contributed by atoms with Gasteiger partial charge < -0.3 is 9.47 Å². The van der Waals surface area contributed by atoms with E-state index in [1.165, 1.54) is 0 Å². The summed E-state index contributed by atoms with van der Waals surface area (Å²) in [6.07, 6.45) is 5.47. The summed E-state index contributed by atoms with van der Waals surface area (Å²) < 4.78 is 28.4. The van der Waals surface area contributed by atoms with Gasteiger partial charge in [0.1, 0.15) is 23.1 Å². The Labute approximate surface area is 232 Å². The molecular formula is C35H25FN2O2. The van der Waals surface area contributed by atoms with Gasteiger partial charge in [-0.05, 0) is 64.7 Å². The molecule has 0 saturated heterocycles. The van der Waals surface area contributed by atoms with E-state index in [-0.39, 0.29) is 5.82 Å². The molecule has 0 atom stereocenters. The van der Waals surface area contributed by atoms with Crippen LogP contribution in [-0.4, -0.2) is 9.97 Å². The highest BCUT2D eigenvalue weighted by atomic mass is 19.1. The first-order chi connectivity index (χ1) is 19.7. The Kier molecular flexibility index (Phi) is 7.27. The van der Waals surface area contributed by atoms with Crippen molar-refractivity contribution in [2.75, 3.05) is 0 Å². The fourth-order valence-corrected chi connectivity index (χ4v) is 4.61. The number of aromatic nitrogens is 2. The molecule has 0 saturated carbocycles. The zero-order valence-corrected chi connectivity index (χ0v) is 21.6. The maximum atomic E-state index is 16.5. The van der Waals surface area contributed by atoms with Gasteiger partial charge in [-0.1, -0.05) is 72.8 Å². The summed E-state index contributed by atoms with van der Waals surface area (Å²) in [4.78, 5) is 8.34. The molecule has 5 heteroatoms. The van der Waals surface area contributed by atoms with E-state index in [4.69, 9.17) is 9.47 Å². The van der Waals surface area contributed by atoms with Crippen molar-refractivity contribution in [3.05, 3.63) is 157 Å². The number of rotatable bonds is 8. The van der Waals surface area contributed by atoms with Crippen LogP contribution in [0.15, 0.2) is 140 Å². The van der Waals surface area contributed by atoms with E-state index in [2.05, 4.69) is 9.97 Å². The van der Waals surface area contributed by atoms with E-state index in [9.17, 15) is 0 Å². The van der Waals surface area contributed by atoms with Crippen molar-refractivity contribution in [2.45, 2.75) is 6.42 Å². The predicted molar refractivity (Wildman–Crippen MR) is 155 cm³/mol. The Morgan fingerprint density at radius 3 is 2.00 bits per heavy atom. The Morgan fingerprint density at radius 2 is 1.27 bits per heavy atom. The average molecular weight is 525 g/mol. The normalized spacial score (nSPS) is 10.7. The molecule has 0 amide bonds. The van der Waals surface area contributed by atoms with E-state index in [1.54, 1.807) is 24.7 Å². The molecule has 2 heterocycles. The first-order valence-corrected chi connectivity index (χ1v) is 13.0. The predicted octanol–water partition coefficient (Wildman–Crippen LogP) is 9.13. The molecule has 0 unspecified atom stereocenters. The van der Waals surface area contributed by atoms with Crippen LogP contribution in [-0.2, 0) is 6.42 Å². The lowest BCUT2D eigenvalue weighted by Gasteiger charge is -2.16. The van der Waals surface area contributed by atoms with Crippen LogP contribution in [0.25, 0.3) is 22.3 Å². The molecule has 0 radical (unpaired) electrons. The van der Waals surface area contributed by atoms with Crippen molar-refractivity contribution in [3.8, 4) is 45.4 Å². The molecule has 0 aliphatic carbocycles. The number of nitrogens with zero attached hydrogens (tertiary/aromatic N) is 2. The van der Waals surface area contributed by atoms with Crippen LogP contribution in [0.1, 0.15) is 11.1 Å². The van der Waals surface area contributed by atoms with Crippen molar-refractivity contribution in [1.29, 1.82) is 0 Å². The van der Waals surface area contributed by atoms with Gasteiger partial charge in [-0.3, -0.25) is 4.98 Å². The highest BCUT2D eigenvalue weighted by Gasteiger charge is 2.18. The zero-order valence-electron chi connectivity index (χ0n) is 21.6. The first kappa shape index (κ1) is 25.0. The highest BCUT2D eigenvalue weighted by Crippen LogP contribution is 2.37. The molecule has 0 fully saturated rings. The number of pyridine rings is 2. The van der Waals surface area contributed by atoms with Crippen molar-refractivity contribution in [3.63, 3.8) is 0 Å². The summed E-state index contributed by atoms with van der Waals surface area (Å²) in [6.45, 7) is 0. The molecular weight excluding hydrogens is 499 g/mol. The number of halogens is 1. The number of ether oxygens (including phenoxy) is 2. The SMILES string of the molecule is Fc1c(-c2cccc(Oc3ccccn3)c2)ccc(-c2cccc(Oc3cccnc3)c2)c1Cc1ccccc1. The minimum Gasteiger partial charge on any atom is -0.456 e. The number of hydrogen-bond donors (Lipinski definition) is 0. The summed E-state index contributed by atoms with van der Waals surface area (Å²) in [5, 5.41) is 0. The van der Waals surface area contributed by atoms with E-state index in [1.807, 2.05) is 115 Å². The summed E-state index contributed by atoms with van der Waals surface area (Å²) >= 11 is 0. The molecule has 6 aromatic rings. The van der Waals surface area contributed by atoms with Crippen molar-refractivity contribution in [2.24, 2.45) is 0 Å². The molecule has 4 nitrogen and oxygen atoms in total. The lowest BCUT2D eigenvalue weighted by atomic mass is 9.90. The molecule has 4 aromatic carbocycles. The quantitative estimate of drug-likeness (QED) is 0.199. The van der Waals surface area contributed by atoms with Crippen LogP contribution in [0.5, 0.6) is 23.1 Å². The first-order valence-electron chi connectivity index (χ1n) is 13.0. The van der Waals surface area contributed by atoms with Crippen LogP contribution in [0, 0.1) is 5.82 Å². The molecule has 0 spiro atoms. The second-order valence-electron chi connectivity index (χ2n) is 9.23. The van der Waals surface area contributed by atoms with Crippen LogP contribution in [0.3, 0.4) is 0 Å². The van der Waals surface area contributed by atoms with Gasteiger partial charge in [0.15, 0.2) is 0 Å². The Morgan fingerprint density at radius 1 is 0.575 bits per heavy atom. The molecule has 2 aromatic heterocycles. The highest BCUT2D eigenvalue weighted by molar-refractivity contribution is 5.76. The summed E-state index contributed by atoms with van der Waals surface area (Å²) in [5.74, 6) is 2.09. The van der Waals surface area contributed by atoms with Gasteiger partial charge in [-0.25, -0.2) is 9.37 Å². The molecule has 0 N–H and O–H groups in total. The van der Waals surface area contributed by atoms with Crippen molar-refractivity contribution in [1.82, 2.24) is 9.97 Å². The second-order valence-corrected chi connectivity index (χ2v) is 9.23. The van der Waals surface area contributed by atoms with Gasteiger partial charge in [-0.2, -0.15) is 0 Å². The number of benzene rings is 4. The summed E-state index contributed by atoms with van der Waals surface area (Å²) in [6, 6.07) is 38.0. The largest absolute Gasteiger partial charge is 0.456 e. The molecule has 40 heavy (non-hydrogen) atoms. The third kappa shape index (κ3) is 5.74. The third-order valence-corrected chi connectivity index (χ3v) is 6.49. The fraction of sp³-hybridized carbons (Fsp3) is 0.0286. The van der Waals surface area contributed by atoms with E-state index in [0.29, 0.717) is 40.7 Å². The van der Waals surface area contributed by atoms with Gasteiger partial charge in [0.2, 0.25) is 5.88 Å². The Hall–Kier alpha value is -5.29. The summed E-state index contributed by atoms with van der Waals surface area (Å²) in [5.41, 5.74) is 4.53. The standard InChI is InChI=1S/C35H25FN2O2/c36-35-32(27-12-7-14-29(23-27)40-34-16-4-5-20-38-34)18-17-31(33(35)21-25-9-2-1-3-10-25)26-11-6-13-28(22-26)39-30-15-8-19-37-24-30/h1-20,22-24H,21H2. The summed E-state index contributed by atoms with van der Waals surface area (Å²) in [7, 11) is 0. The van der Waals surface area contributed by atoms with Gasteiger partial charge in [0.05, 0.1) is 6.20 Å². The lowest BCUT2D eigenvalue weighted by Crippen LogP contribution is -2.00. The molecule has 0 aliphatic heterocycles. The second kappa shape index (κ2) is 11.6. The Bertz CT molecular complexity index is 1730. The lowest BCUT2D eigenvalue weighted by molar-refractivity contribution is 0.463. The van der Waals surface area contributed by atoms with Crippen molar-refractivity contribution < 1.29 is 13.9 Å². The Balaban J connectivity index is 1.40. The van der Waals surface area contributed by atoms with E-state index >= 15 is 4.39 Å². The molecule has 0 bridgehead atoms. The van der Waals surface area contributed by atoms with Crippen LogP contribution in [0.2, 0.25) is 0 Å². The minimum absolute atomic E-state index is 0.269. The molecule has 0 aliphatic rings. The third-order valence-electron chi connectivity index (χ3n) is 6.49. The van der Waals surface area contributed by atoms with E-state index in [0.717, 1.165) is 22.3 Å². The van der Waals surface area contributed by atoms with Crippen molar-refractivity contribution >= 4 is 0 Å². The fourth-order valence-electron chi connectivity index (χ4n) is 4.61. The van der Waals surface area contributed by atoms with E-state index < -0.39 is 0 Å². The smallest absolute Gasteiger partial charge is 0.219 e. The topological polar surface area (TPSA) is 44.2 Å². The van der Waals surface area contributed by atoms with Crippen LogP contribution >= 0.6 is 0 Å². The van der Waals surface area contributed by atoms with Crippen LogP contribution in [0.4, 0.5) is 4.39 Å². The van der Waals surface area contributed by atoms with Crippen LogP contribution < -0.4 is 9.47 Å². The molecule has 194 valence electrons. The maximum absolute atomic E-state index is 16.5.